The van der Waals surface area contributed by atoms with Crippen LogP contribution in [0.5, 0.6) is 0 Å². The first kappa shape index (κ1) is 16.6. The Bertz CT molecular complexity index is 463. The van der Waals surface area contributed by atoms with Crippen LogP contribution in [0.25, 0.3) is 0 Å². The van der Waals surface area contributed by atoms with E-state index in [1.807, 2.05) is 13.8 Å². The summed E-state index contributed by atoms with van der Waals surface area (Å²) in [4.78, 5) is 11.8. The van der Waals surface area contributed by atoms with E-state index < -0.39 is 23.8 Å². The molecule has 0 bridgehead atoms. The molecule has 0 radical (unpaired) electrons. The normalized spacial score (nSPS) is 14.2. The summed E-state index contributed by atoms with van der Waals surface area (Å²) in [7, 11) is 0. The number of rotatable bonds is 6. The number of amides is 1. The van der Waals surface area contributed by atoms with E-state index >= 15 is 0 Å². The number of aliphatic hydroxyl groups is 1. The zero-order chi connectivity index (χ0) is 15.3. The lowest BCUT2D eigenvalue weighted by Gasteiger charge is -2.20. The number of halogens is 2. The molecule has 0 saturated carbocycles. The van der Waals surface area contributed by atoms with Gasteiger partial charge in [0.15, 0.2) is 0 Å². The van der Waals surface area contributed by atoms with Crippen molar-refractivity contribution in [2.24, 2.45) is 5.92 Å². The zero-order valence-electron chi connectivity index (χ0n) is 12.0. The molecule has 2 atom stereocenters. The molecule has 5 heteroatoms. The van der Waals surface area contributed by atoms with Crippen LogP contribution in [0.3, 0.4) is 0 Å². The molecule has 0 spiro atoms. The molecule has 112 valence electrons. The zero-order valence-corrected chi connectivity index (χ0v) is 12.0. The molecule has 3 nitrogen and oxygen atoms in total. The van der Waals surface area contributed by atoms with Crippen molar-refractivity contribution in [3.8, 4) is 0 Å². The van der Waals surface area contributed by atoms with Crippen LogP contribution in [0.2, 0.25) is 0 Å². The van der Waals surface area contributed by atoms with Gasteiger partial charge in [-0.25, -0.2) is 8.78 Å². The minimum absolute atomic E-state index is 0.0354. The van der Waals surface area contributed by atoms with Crippen LogP contribution in [-0.2, 0) is 4.79 Å². The van der Waals surface area contributed by atoms with Crippen molar-refractivity contribution in [1.29, 1.82) is 0 Å². The van der Waals surface area contributed by atoms with Crippen molar-refractivity contribution in [2.75, 3.05) is 0 Å². The average molecular weight is 285 g/mol. The van der Waals surface area contributed by atoms with E-state index in [1.165, 1.54) is 0 Å². The van der Waals surface area contributed by atoms with Gasteiger partial charge < -0.3 is 10.4 Å². The van der Waals surface area contributed by atoms with E-state index in [9.17, 15) is 18.7 Å². The lowest BCUT2D eigenvalue weighted by atomic mass is 10.0. The Morgan fingerprint density at radius 2 is 2.00 bits per heavy atom. The van der Waals surface area contributed by atoms with Gasteiger partial charge in [0.25, 0.3) is 0 Å². The molecule has 0 saturated heterocycles. The Morgan fingerprint density at radius 3 is 2.55 bits per heavy atom. The van der Waals surface area contributed by atoms with Crippen molar-refractivity contribution >= 4 is 5.91 Å². The van der Waals surface area contributed by atoms with Gasteiger partial charge in [0.05, 0.1) is 18.6 Å². The van der Waals surface area contributed by atoms with E-state index in [0.717, 1.165) is 18.2 Å². The monoisotopic (exact) mass is 285 g/mol. The van der Waals surface area contributed by atoms with Crippen LogP contribution < -0.4 is 5.32 Å². The molecule has 2 N–H and O–H groups in total. The van der Waals surface area contributed by atoms with E-state index in [2.05, 4.69) is 5.32 Å². The highest BCUT2D eigenvalue weighted by molar-refractivity contribution is 5.77. The van der Waals surface area contributed by atoms with E-state index in [-0.39, 0.29) is 23.8 Å². The van der Waals surface area contributed by atoms with Gasteiger partial charge in [0, 0.05) is 5.56 Å². The summed E-state index contributed by atoms with van der Waals surface area (Å²) in [5.74, 6) is -1.51. The summed E-state index contributed by atoms with van der Waals surface area (Å²) in [6, 6.07) is 2.57. The molecule has 1 aromatic rings. The molecule has 0 aliphatic heterocycles. The number of hydrogen-bond acceptors (Lipinski definition) is 2. The first-order valence-electron chi connectivity index (χ1n) is 6.77. The standard InChI is InChI=1S/C15H21F2NO2/c1-4-13(11-7-10(16)5-6-12(11)17)18-15(20)8-14(19)9(2)3/h5-7,9,13-14,19H,4,8H2,1-3H3,(H,18,20). The fourth-order valence-electron chi connectivity index (χ4n) is 1.86. The Hall–Kier alpha value is -1.49. The largest absolute Gasteiger partial charge is 0.392 e. The predicted octanol–water partition coefficient (Wildman–Crippen LogP) is 2.94. The quantitative estimate of drug-likeness (QED) is 0.844. The van der Waals surface area contributed by atoms with Crippen LogP contribution in [0.1, 0.15) is 45.2 Å². The van der Waals surface area contributed by atoms with E-state index in [4.69, 9.17) is 0 Å². The maximum atomic E-state index is 13.7. The van der Waals surface area contributed by atoms with Crippen molar-refractivity contribution in [3.63, 3.8) is 0 Å². The van der Waals surface area contributed by atoms with Crippen LogP contribution in [-0.4, -0.2) is 17.1 Å². The summed E-state index contributed by atoms with van der Waals surface area (Å²) in [6.07, 6.45) is -0.362. The topological polar surface area (TPSA) is 49.3 Å². The molecule has 1 rings (SSSR count). The maximum Gasteiger partial charge on any atom is 0.223 e. The third-order valence-corrected chi connectivity index (χ3v) is 3.24. The van der Waals surface area contributed by atoms with Crippen LogP contribution in [0, 0.1) is 17.6 Å². The summed E-state index contributed by atoms with van der Waals surface area (Å²) >= 11 is 0. The van der Waals surface area contributed by atoms with E-state index in [0.29, 0.717) is 6.42 Å². The Balaban J connectivity index is 2.77. The maximum absolute atomic E-state index is 13.7. The van der Waals surface area contributed by atoms with Crippen molar-refractivity contribution in [2.45, 2.75) is 45.8 Å². The van der Waals surface area contributed by atoms with Crippen LogP contribution in [0.4, 0.5) is 8.78 Å². The molecule has 0 aliphatic carbocycles. The number of nitrogens with one attached hydrogen (secondary N) is 1. The highest BCUT2D eigenvalue weighted by Crippen LogP contribution is 2.21. The van der Waals surface area contributed by atoms with Crippen LogP contribution in [0.15, 0.2) is 18.2 Å². The van der Waals surface area contributed by atoms with Gasteiger partial charge >= 0.3 is 0 Å². The third-order valence-electron chi connectivity index (χ3n) is 3.24. The second-order valence-corrected chi connectivity index (χ2v) is 5.21. The number of carbonyl (C=O) groups is 1. The molecular formula is C15H21F2NO2. The first-order valence-corrected chi connectivity index (χ1v) is 6.77. The second kappa shape index (κ2) is 7.33. The SMILES string of the molecule is CCC(NC(=O)CC(O)C(C)C)c1cc(F)ccc1F. The van der Waals surface area contributed by atoms with Crippen molar-refractivity contribution in [1.82, 2.24) is 5.32 Å². The van der Waals surface area contributed by atoms with Gasteiger partial charge in [-0.15, -0.1) is 0 Å². The molecule has 0 fully saturated rings. The lowest BCUT2D eigenvalue weighted by Crippen LogP contribution is -2.32. The predicted molar refractivity (Wildman–Crippen MR) is 73.0 cm³/mol. The molecule has 1 aromatic carbocycles. The highest BCUT2D eigenvalue weighted by atomic mass is 19.1. The van der Waals surface area contributed by atoms with Gasteiger partial charge in [-0.1, -0.05) is 20.8 Å². The van der Waals surface area contributed by atoms with Gasteiger partial charge in [-0.05, 0) is 30.5 Å². The highest BCUT2D eigenvalue weighted by Gasteiger charge is 2.20. The molecule has 1 amide bonds. The Labute approximate surface area is 118 Å². The summed E-state index contributed by atoms with van der Waals surface area (Å²) in [5, 5.41) is 12.3. The lowest BCUT2D eigenvalue weighted by molar-refractivity contribution is -0.124. The molecule has 20 heavy (non-hydrogen) atoms. The molecular weight excluding hydrogens is 264 g/mol. The summed E-state index contributed by atoms with van der Waals surface area (Å²) < 4.78 is 26.9. The number of benzene rings is 1. The smallest absolute Gasteiger partial charge is 0.223 e. The van der Waals surface area contributed by atoms with Gasteiger partial charge in [-0.3, -0.25) is 4.79 Å². The number of hydrogen-bond donors (Lipinski definition) is 2. The minimum Gasteiger partial charge on any atom is -0.392 e. The van der Waals surface area contributed by atoms with Gasteiger partial charge in [-0.2, -0.15) is 0 Å². The fraction of sp³-hybridized carbons (Fsp3) is 0.533. The number of aliphatic hydroxyl groups excluding tert-OH is 1. The van der Waals surface area contributed by atoms with Crippen molar-refractivity contribution < 1.29 is 18.7 Å². The molecule has 2 unspecified atom stereocenters. The summed E-state index contributed by atoms with van der Waals surface area (Å²) in [5.41, 5.74) is 0.125. The first-order chi connectivity index (χ1) is 9.35. The van der Waals surface area contributed by atoms with Gasteiger partial charge in [0.1, 0.15) is 11.6 Å². The molecule has 0 aromatic heterocycles. The van der Waals surface area contributed by atoms with E-state index in [1.54, 1.807) is 6.92 Å². The second-order valence-electron chi connectivity index (χ2n) is 5.21. The van der Waals surface area contributed by atoms with Crippen molar-refractivity contribution in [3.05, 3.63) is 35.4 Å². The minimum atomic E-state index is -0.745. The van der Waals surface area contributed by atoms with Gasteiger partial charge in [0.2, 0.25) is 5.91 Å². The fourth-order valence-corrected chi connectivity index (χ4v) is 1.86. The molecule has 0 heterocycles. The molecule has 0 aliphatic rings. The third kappa shape index (κ3) is 4.56. The number of carbonyl (C=O) groups excluding carboxylic acids is 1. The Morgan fingerprint density at radius 1 is 1.35 bits per heavy atom. The average Bonchev–Trinajstić information content (AvgIpc) is 2.38. The van der Waals surface area contributed by atoms with Crippen LogP contribution >= 0.6 is 0 Å². The summed E-state index contributed by atoms with van der Waals surface area (Å²) in [6.45, 7) is 5.39. The Kier molecular flexibility index (Phi) is 6.07.